The molecule has 0 unspecified atom stereocenters. The number of hydrogen-bond acceptors (Lipinski definition) is 3. The van der Waals surface area contributed by atoms with E-state index in [0.717, 1.165) is 37.0 Å². The Morgan fingerprint density at radius 2 is 2.28 bits per heavy atom. The number of hydrogen-bond donors (Lipinski definition) is 3. The predicted octanol–water partition coefficient (Wildman–Crippen LogP) is 1.82. The maximum atomic E-state index is 9.39. The quantitative estimate of drug-likeness (QED) is 0.753. The van der Waals surface area contributed by atoms with Crippen molar-refractivity contribution in [3.63, 3.8) is 0 Å². The van der Waals surface area contributed by atoms with Gasteiger partial charge in [-0.25, -0.2) is 4.98 Å². The lowest BCUT2D eigenvalue weighted by Gasteiger charge is -2.40. The highest BCUT2D eigenvalue weighted by atomic mass is 16.3. The van der Waals surface area contributed by atoms with Crippen molar-refractivity contribution < 1.29 is 5.11 Å². The first-order valence-corrected chi connectivity index (χ1v) is 6.55. The molecule has 3 N–H and O–H groups in total. The summed E-state index contributed by atoms with van der Waals surface area (Å²) in [4.78, 5) is 7.33. The van der Waals surface area contributed by atoms with Crippen molar-refractivity contribution >= 4 is 11.0 Å². The molecule has 1 fully saturated rings. The Labute approximate surface area is 106 Å². The molecule has 1 saturated carbocycles. The molecule has 96 valence electrons. The van der Waals surface area contributed by atoms with Gasteiger partial charge in [-0.3, -0.25) is 0 Å². The fourth-order valence-electron chi connectivity index (χ4n) is 2.63. The van der Waals surface area contributed by atoms with Gasteiger partial charge in [-0.2, -0.15) is 0 Å². The minimum atomic E-state index is 0.151. The number of nitrogens with zero attached hydrogens (tertiary/aromatic N) is 1. The van der Waals surface area contributed by atoms with Crippen LogP contribution < -0.4 is 5.32 Å². The molecule has 3 rings (SSSR count). The molecule has 0 bridgehead atoms. The SMILES string of the molecule is OCC1(CNCc2ccc3nc[nH]c3c2)CCC1. The van der Waals surface area contributed by atoms with Gasteiger partial charge < -0.3 is 15.4 Å². The van der Waals surface area contributed by atoms with Crippen LogP contribution in [0.1, 0.15) is 24.8 Å². The van der Waals surface area contributed by atoms with E-state index in [1.165, 1.54) is 12.0 Å². The fraction of sp³-hybridized carbons (Fsp3) is 0.500. The van der Waals surface area contributed by atoms with Crippen LogP contribution in [0, 0.1) is 5.41 Å². The molecule has 0 saturated heterocycles. The van der Waals surface area contributed by atoms with E-state index in [1.54, 1.807) is 6.33 Å². The van der Waals surface area contributed by atoms with Gasteiger partial charge in [0.2, 0.25) is 0 Å². The molecule has 0 atom stereocenters. The standard InChI is InChI=1S/C14H19N3O/c18-9-14(4-1-5-14)8-15-7-11-2-3-12-13(6-11)17-10-16-12/h2-3,6,10,15,18H,1,4-5,7-9H2,(H,16,17). The number of aromatic nitrogens is 2. The number of H-pyrrole nitrogens is 1. The monoisotopic (exact) mass is 245 g/mol. The molecule has 1 heterocycles. The zero-order valence-electron chi connectivity index (χ0n) is 10.4. The Balaban J connectivity index is 1.59. The van der Waals surface area contributed by atoms with Gasteiger partial charge >= 0.3 is 0 Å². The van der Waals surface area contributed by atoms with Crippen LogP contribution >= 0.6 is 0 Å². The van der Waals surface area contributed by atoms with Crippen LogP contribution in [0.15, 0.2) is 24.5 Å². The molecule has 2 aromatic rings. The van der Waals surface area contributed by atoms with Crippen molar-refractivity contribution in [1.82, 2.24) is 15.3 Å². The number of fused-ring (bicyclic) bond motifs is 1. The number of nitrogens with one attached hydrogen (secondary N) is 2. The summed E-state index contributed by atoms with van der Waals surface area (Å²) in [7, 11) is 0. The van der Waals surface area contributed by atoms with Crippen molar-refractivity contribution in [1.29, 1.82) is 0 Å². The Kier molecular flexibility index (Phi) is 3.06. The second kappa shape index (κ2) is 4.71. The second-order valence-corrected chi connectivity index (χ2v) is 5.37. The van der Waals surface area contributed by atoms with Gasteiger partial charge in [-0.05, 0) is 30.5 Å². The van der Waals surface area contributed by atoms with Crippen LogP contribution in [-0.4, -0.2) is 28.2 Å². The molecule has 18 heavy (non-hydrogen) atoms. The molecular formula is C14H19N3O. The van der Waals surface area contributed by atoms with E-state index >= 15 is 0 Å². The lowest BCUT2D eigenvalue weighted by atomic mass is 9.69. The minimum Gasteiger partial charge on any atom is -0.396 e. The molecular weight excluding hydrogens is 226 g/mol. The summed E-state index contributed by atoms with van der Waals surface area (Å²) < 4.78 is 0. The van der Waals surface area contributed by atoms with Crippen molar-refractivity contribution in [2.45, 2.75) is 25.8 Å². The first-order valence-electron chi connectivity index (χ1n) is 6.55. The highest BCUT2D eigenvalue weighted by Crippen LogP contribution is 2.39. The van der Waals surface area contributed by atoms with Crippen molar-refractivity contribution in [3.05, 3.63) is 30.1 Å². The van der Waals surface area contributed by atoms with E-state index in [4.69, 9.17) is 0 Å². The van der Waals surface area contributed by atoms with Crippen LogP contribution in [0.4, 0.5) is 0 Å². The maximum absolute atomic E-state index is 9.39. The highest BCUT2D eigenvalue weighted by Gasteiger charge is 2.35. The van der Waals surface area contributed by atoms with Crippen molar-refractivity contribution in [3.8, 4) is 0 Å². The second-order valence-electron chi connectivity index (χ2n) is 5.37. The summed E-state index contributed by atoms with van der Waals surface area (Å²) in [6.45, 7) is 2.06. The van der Waals surface area contributed by atoms with E-state index in [2.05, 4.69) is 27.4 Å². The van der Waals surface area contributed by atoms with Crippen molar-refractivity contribution in [2.75, 3.05) is 13.2 Å². The van der Waals surface area contributed by atoms with Crippen LogP contribution in [0.5, 0.6) is 0 Å². The Morgan fingerprint density at radius 3 is 3.00 bits per heavy atom. The zero-order chi connectivity index (χ0) is 12.4. The largest absolute Gasteiger partial charge is 0.396 e. The van der Waals surface area contributed by atoms with Gasteiger partial charge in [0.1, 0.15) is 0 Å². The first kappa shape index (κ1) is 11.7. The van der Waals surface area contributed by atoms with Gasteiger partial charge in [0.25, 0.3) is 0 Å². The minimum absolute atomic E-state index is 0.151. The molecule has 1 aliphatic rings. The van der Waals surface area contributed by atoms with E-state index < -0.39 is 0 Å². The summed E-state index contributed by atoms with van der Waals surface area (Å²) in [5.41, 5.74) is 3.48. The average molecular weight is 245 g/mol. The topological polar surface area (TPSA) is 60.9 Å². The van der Waals surface area contributed by atoms with Crippen LogP contribution in [0.25, 0.3) is 11.0 Å². The van der Waals surface area contributed by atoms with E-state index in [9.17, 15) is 5.11 Å². The van der Waals surface area contributed by atoms with Crippen LogP contribution in [-0.2, 0) is 6.54 Å². The summed E-state index contributed by atoms with van der Waals surface area (Å²) in [5, 5.41) is 12.9. The van der Waals surface area contributed by atoms with E-state index in [1.807, 2.05) is 6.07 Å². The highest BCUT2D eigenvalue weighted by molar-refractivity contribution is 5.74. The molecule has 4 heteroatoms. The van der Waals surface area contributed by atoms with E-state index in [-0.39, 0.29) is 5.41 Å². The summed E-state index contributed by atoms with van der Waals surface area (Å²) in [6.07, 6.45) is 5.27. The van der Waals surface area contributed by atoms with Gasteiger partial charge in [0, 0.05) is 25.1 Å². The Hall–Kier alpha value is -1.39. The fourth-order valence-corrected chi connectivity index (χ4v) is 2.63. The maximum Gasteiger partial charge on any atom is 0.0931 e. The number of rotatable bonds is 5. The van der Waals surface area contributed by atoms with Crippen molar-refractivity contribution in [2.24, 2.45) is 5.41 Å². The number of aliphatic hydroxyl groups excluding tert-OH is 1. The molecule has 4 nitrogen and oxygen atoms in total. The molecule has 0 radical (unpaired) electrons. The third-order valence-corrected chi connectivity index (χ3v) is 4.06. The van der Waals surface area contributed by atoms with Gasteiger partial charge in [0.05, 0.1) is 17.4 Å². The molecule has 1 aliphatic carbocycles. The molecule has 1 aromatic heterocycles. The number of aliphatic hydroxyl groups is 1. The van der Waals surface area contributed by atoms with Gasteiger partial charge in [-0.1, -0.05) is 12.5 Å². The molecule has 0 amide bonds. The lowest BCUT2D eigenvalue weighted by Crippen LogP contribution is -2.42. The Bertz CT molecular complexity index is 525. The first-order chi connectivity index (χ1) is 8.81. The third kappa shape index (κ3) is 2.13. The predicted molar refractivity (Wildman–Crippen MR) is 71.2 cm³/mol. The normalized spacial score (nSPS) is 17.8. The smallest absolute Gasteiger partial charge is 0.0931 e. The zero-order valence-corrected chi connectivity index (χ0v) is 10.4. The summed E-state index contributed by atoms with van der Waals surface area (Å²) >= 11 is 0. The molecule has 0 aliphatic heterocycles. The van der Waals surface area contributed by atoms with E-state index in [0.29, 0.717) is 6.61 Å². The molecule has 0 spiro atoms. The van der Waals surface area contributed by atoms with Gasteiger partial charge in [-0.15, -0.1) is 0 Å². The van der Waals surface area contributed by atoms with Crippen LogP contribution in [0.2, 0.25) is 0 Å². The average Bonchev–Trinajstić information content (AvgIpc) is 2.80. The number of benzene rings is 1. The van der Waals surface area contributed by atoms with Crippen LogP contribution in [0.3, 0.4) is 0 Å². The summed E-state index contributed by atoms with van der Waals surface area (Å²) in [5.74, 6) is 0. The molecule has 1 aromatic carbocycles. The Morgan fingerprint density at radius 1 is 1.39 bits per heavy atom. The number of imidazole rings is 1. The lowest BCUT2D eigenvalue weighted by molar-refractivity contribution is 0.0445. The van der Waals surface area contributed by atoms with Gasteiger partial charge in [0.15, 0.2) is 0 Å². The third-order valence-electron chi connectivity index (χ3n) is 4.06. The summed E-state index contributed by atoms with van der Waals surface area (Å²) in [6, 6.07) is 6.26. The number of aromatic amines is 1.